The summed E-state index contributed by atoms with van der Waals surface area (Å²) < 4.78 is 26.6. The van der Waals surface area contributed by atoms with E-state index in [4.69, 9.17) is 0 Å². The first kappa shape index (κ1) is 12.6. The van der Waals surface area contributed by atoms with Gasteiger partial charge in [-0.1, -0.05) is 0 Å². The van der Waals surface area contributed by atoms with E-state index < -0.39 is 11.6 Å². The van der Waals surface area contributed by atoms with Crippen LogP contribution in [0.1, 0.15) is 24.1 Å². The molecular formula is C14H14F2N2. The van der Waals surface area contributed by atoms with Crippen LogP contribution in [0, 0.1) is 11.6 Å². The second-order valence-corrected chi connectivity index (χ2v) is 4.12. The monoisotopic (exact) mass is 248 g/mol. The zero-order valence-corrected chi connectivity index (χ0v) is 10.0. The Kier molecular flexibility index (Phi) is 3.99. The molecule has 94 valence electrons. The number of nitrogens with one attached hydrogen (secondary N) is 1. The molecule has 0 fully saturated rings. The van der Waals surface area contributed by atoms with Crippen LogP contribution in [-0.4, -0.2) is 4.98 Å². The fourth-order valence-corrected chi connectivity index (χ4v) is 1.73. The summed E-state index contributed by atoms with van der Waals surface area (Å²) in [6, 6.07) is 6.99. The van der Waals surface area contributed by atoms with E-state index in [0.29, 0.717) is 12.1 Å². The fourth-order valence-electron chi connectivity index (χ4n) is 1.73. The van der Waals surface area contributed by atoms with Gasteiger partial charge >= 0.3 is 0 Å². The van der Waals surface area contributed by atoms with Crippen LogP contribution in [0.3, 0.4) is 0 Å². The minimum Gasteiger partial charge on any atom is -0.306 e. The summed E-state index contributed by atoms with van der Waals surface area (Å²) in [5.41, 5.74) is 1.39. The Morgan fingerprint density at radius 3 is 2.61 bits per heavy atom. The molecular weight excluding hydrogens is 234 g/mol. The Bertz CT molecular complexity index is 514. The normalized spacial score (nSPS) is 12.4. The Morgan fingerprint density at radius 1 is 1.17 bits per heavy atom. The van der Waals surface area contributed by atoms with Gasteiger partial charge in [0, 0.05) is 30.5 Å². The Hall–Kier alpha value is -1.81. The largest absolute Gasteiger partial charge is 0.306 e. The number of nitrogens with zero attached hydrogens (tertiary/aromatic N) is 1. The van der Waals surface area contributed by atoms with E-state index in [2.05, 4.69) is 10.3 Å². The van der Waals surface area contributed by atoms with Crippen molar-refractivity contribution in [1.82, 2.24) is 10.3 Å². The molecule has 2 nitrogen and oxygen atoms in total. The first-order chi connectivity index (χ1) is 8.66. The lowest BCUT2D eigenvalue weighted by Crippen LogP contribution is -2.19. The van der Waals surface area contributed by atoms with Gasteiger partial charge in [0.05, 0.1) is 0 Å². The third kappa shape index (κ3) is 3.11. The maximum absolute atomic E-state index is 13.5. The van der Waals surface area contributed by atoms with Crippen LogP contribution in [0.2, 0.25) is 0 Å². The molecule has 1 unspecified atom stereocenters. The molecule has 2 aromatic rings. The van der Waals surface area contributed by atoms with Gasteiger partial charge in [-0.15, -0.1) is 0 Å². The minimum absolute atomic E-state index is 0.256. The maximum atomic E-state index is 13.5. The lowest BCUT2D eigenvalue weighted by atomic mass is 10.1. The summed E-state index contributed by atoms with van der Waals surface area (Å²) in [6.07, 6.45) is 3.40. The van der Waals surface area contributed by atoms with Crippen LogP contribution in [-0.2, 0) is 6.54 Å². The first-order valence-electron chi connectivity index (χ1n) is 5.74. The van der Waals surface area contributed by atoms with Gasteiger partial charge in [-0.05, 0) is 42.8 Å². The highest BCUT2D eigenvalue weighted by atomic mass is 19.1. The third-order valence-corrected chi connectivity index (χ3v) is 2.79. The van der Waals surface area contributed by atoms with Gasteiger partial charge in [0.2, 0.25) is 0 Å². The highest BCUT2D eigenvalue weighted by Crippen LogP contribution is 2.18. The van der Waals surface area contributed by atoms with Crippen molar-refractivity contribution in [3.8, 4) is 0 Å². The van der Waals surface area contributed by atoms with E-state index in [0.717, 1.165) is 17.7 Å². The highest BCUT2D eigenvalue weighted by Gasteiger charge is 2.11. The molecule has 2 rings (SSSR count). The average Bonchev–Trinajstić information content (AvgIpc) is 2.40. The standard InChI is InChI=1S/C14H14F2N2/c1-10(13-8-12(15)2-3-14(13)16)18-9-11-4-6-17-7-5-11/h2-8,10,18H,9H2,1H3. The topological polar surface area (TPSA) is 24.9 Å². The number of hydrogen-bond donors (Lipinski definition) is 1. The summed E-state index contributed by atoms with van der Waals surface area (Å²) in [4.78, 5) is 3.92. The van der Waals surface area contributed by atoms with Gasteiger partial charge < -0.3 is 5.32 Å². The molecule has 1 aromatic heterocycles. The molecule has 0 amide bonds. The lowest BCUT2D eigenvalue weighted by Gasteiger charge is -2.15. The molecule has 0 aliphatic carbocycles. The zero-order valence-electron chi connectivity index (χ0n) is 10.0. The summed E-state index contributed by atoms with van der Waals surface area (Å²) >= 11 is 0. The summed E-state index contributed by atoms with van der Waals surface area (Å²) in [5, 5.41) is 3.15. The zero-order chi connectivity index (χ0) is 13.0. The van der Waals surface area contributed by atoms with Crippen molar-refractivity contribution in [2.75, 3.05) is 0 Å². The summed E-state index contributed by atoms with van der Waals surface area (Å²) in [7, 11) is 0. The van der Waals surface area contributed by atoms with Gasteiger partial charge in [-0.2, -0.15) is 0 Å². The molecule has 0 saturated carbocycles. The van der Waals surface area contributed by atoms with Crippen LogP contribution in [0.5, 0.6) is 0 Å². The van der Waals surface area contributed by atoms with E-state index >= 15 is 0 Å². The van der Waals surface area contributed by atoms with Crippen molar-refractivity contribution in [2.45, 2.75) is 19.5 Å². The van der Waals surface area contributed by atoms with Crippen molar-refractivity contribution in [3.05, 3.63) is 65.5 Å². The van der Waals surface area contributed by atoms with Crippen LogP contribution < -0.4 is 5.32 Å². The average molecular weight is 248 g/mol. The molecule has 1 aromatic carbocycles. The number of pyridine rings is 1. The molecule has 0 radical (unpaired) electrons. The first-order valence-corrected chi connectivity index (χ1v) is 5.74. The van der Waals surface area contributed by atoms with Gasteiger partial charge in [0.1, 0.15) is 11.6 Å². The number of rotatable bonds is 4. The van der Waals surface area contributed by atoms with E-state index in [1.54, 1.807) is 19.3 Å². The van der Waals surface area contributed by atoms with Crippen LogP contribution in [0.15, 0.2) is 42.7 Å². The predicted octanol–water partition coefficient (Wildman–Crippen LogP) is 3.21. The molecule has 0 aliphatic rings. The van der Waals surface area contributed by atoms with Crippen molar-refractivity contribution < 1.29 is 8.78 Å². The van der Waals surface area contributed by atoms with Gasteiger partial charge in [0.15, 0.2) is 0 Å². The van der Waals surface area contributed by atoms with Gasteiger partial charge in [-0.25, -0.2) is 8.78 Å². The molecule has 0 spiro atoms. The Labute approximate surface area is 105 Å². The van der Waals surface area contributed by atoms with Crippen LogP contribution >= 0.6 is 0 Å². The number of benzene rings is 1. The van der Waals surface area contributed by atoms with Crippen molar-refractivity contribution in [3.63, 3.8) is 0 Å². The fraction of sp³-hybridized carbons (Fsp3) is 0.214. The summed E-state index contributed by atoms with van der Waals surface area (Å²) in [6.45, 7) is 2.39. The Morgan fingerprint density at radius 2 is 1.89 bits per heavy atom. The lowest BCUT2D eigenvalue weighted by molar-refractivity contribution is 0.518. The number of aromatic nitrogens is 1. The Balaban J connectivity index is 2.03. The molecule has 0 saturated heterocycles. The van der Waals surface area contributed by atoms with Crippen molar-refractivity contribution in [2.24, 2.45) is 0 Å². The highest BCUT2D eigenvalue weighted by molar-refractivity contribution is 5.22. The van der Waals surface area contributed by atoms with Crippen molar-refractivity contribution >= 4 is 0 Å². The maximum Gasteiger partial charge on any atom is 0.128 e. The predicted molar refractivity (Wildman–Crippen MR) is 65.8 cm³/mol. The third-order valence-electron chi connectivity index (χ3n) is 2.79. The molecule has 1 N–H and O–H groups in total. The summed E-state index contributed by atoms with van der Waals surface area (Å²) in [5.74, 6) is -0.824. The molecule has 0 aliphatic heterocycles. The second kappa shape index (κ2) is 5.69. The van der Waals surface area contributed by atoms with E-state index in [1.165, 1.54) is 6.07 Å². The van der Waals surface area contributed by atoms with E-state index in [9.17, 15) is 8.78 Å². The minimum atomic E-state index is -0.427. The number of halogens is 2. The second-order valence-electron chi connectivity index (χ2n) is 4.12. The van der Waals surface area contributed by atoms with Crippen LogP contribution in [0.25, 0.3) is 0 Å². The smallest absolute Gasteiger partial charge is 0.128 e. The van der Waals surface area contributed by atoms with Gasteiger partial charge in [0.25, 0.3) is 0 Å². The van der Waals surface area contributed by atoms with E-state index in [-0.39, 0.29) is 6.04 Å². The SMILES string of the molecule is CC(NCc1ccncc1)c1cc(F)ccc1F. The van der Waals surface area contributed by atoms with Gasteiger partial charge in [-0.3, -0.25) is 4.98 Å². The molecule has 18 heavy (non-hydrogen) atoms. The van der Waals surface area contributed by atoms with Crippen LogP contribution in [0.4, 0.5) is 8.78 Å². The van der Waals surface area contributed by atoms with Crippen molar-refractivity contribution in [1.29, 1.82) is 0 Å². The number of hydrogen-bond acceptors (Lipinski definition) is 2. The van der Waals surface area contributed by atoms with E-state index in [1.807, 2.05) is 12.1 Å². The molecule has 4 heteroatoms. The molecule has 0 bridgehead atoms. The molecule has 1 atom stereocenters. The molecule has 1 heterocycles. The quantitative estimate of drug-likeness (QED) is 0.898.